The minimum Gasteiger partial charge on any atom is -0.206 e. The Morgan fingerprint density at radius 2 is 1.69 bits per heavy atom. The third kappa shape index (κ3) is 2.49. The molecule has 0 aliphatic heterocycles. The molecule has 13 heavy (non-hydrogen) atoms. The lowest BCUT2D eigenvalue weighted by molar-refractivity contribution is 0.494. The summed E-state index contributed by atoms with van der Waals surface area (Å²) in [5, 5.41) is 0. The number of halogens is 4. The quantitative estimate of drug-likeness (QED) is 0.514. The first kappa shape index (κ1) is 10.1. The fraction of sp³-hybridized carbons (Fsp3) is 0.111. The van der Waals surface area contributed by atoms with Crippen LogP contribution in [-0.2, 0) is 0 Å². The van der Waals surface area contributed by atoms with E-state index in [0.29, 0.717) is 6.07 Å². The van der Waals surface area contributed by atoms with Gasteiger partial charge in [-0.05, 0) is 6.07 Å². The van der Waals surface area contributed by atoms with E-state index >= 15 is 0 Å². The zero-order valence-electron chi connectivity index (χ0n) is 6.53. The van der Waals surface area contributed by atoms with Crippen molar-refractivity contribution < 1.29 is 13.2 Å². The summed E-state index contributed by atoms with van der Waals surface area (Å²) in [5.74, 6) is -2.88. The Kier molecular flexibility index (Phi) is 3.37. The molecule has 0 heterocycles. The van der Waals surface area contributed by atoms with E-state index < -0.39 is 17.5 Å². The van der Waals surface area contributed by atoms with Gasteiger partial charge in [-0.1, -0.05) is 12.2 Å². The maximum atomic E-state index is 12.9. The molecule has 1 rings (SSSR count). The van der Waals surface area contributed by atoms with Gasteiger partial charge in [-0.2, -0.15) is 0 Å². The number of alkyl halides is 1. The summed E-state index contributed by atoms with van der Waals surface area (Å²) in [6.45, 7) is 0. The van der Waals surface area contributed by atoms with Crippen LogP contribution in [0.2, 0.25) is 0 Å². The SMILES string of the molecule is Fc1cc(F)c(/C=C/CCl)cc1F. The first-order valence-electron chi connectivity index (χ1n) is 3.52. The molecule has 0 aromatic heterocycles. The fourth-order valence-corrected chi connectivity index (χ4v) is 0.926. The van der Waals surface area contributed by atoms with Gasteiger partial charge in [0.05, 0.1) is 0 Å². The van der Waals surface area contributed by atoms with Gasteiger partial charge in [-0.15, -0.1) is 11.6 Å². The predicted molar refractivity (Wildman–Crippen MR) is 46.1 cm³/mol. The topological polar surface area (TPSA) is 0 Å². The standard InChI is InChI=1S/C9H6ClF3/c10-3-1-2-6-4-8(12)9(13)5-7(6)11/h1-2,4-5H,3H2/b2-1+. The highest BCUT2D eigenvalue weighted by Crippen LogP contribution is 2.14. The predicted octanol–water partition coefficient (Wildman–Crippen LogP) is 3.36. The summed E-state index contributed by atoms with van der Waals surface area (Å²) in [6.07, 6.45) is 2.74. The first-order valence-corrected chi connectivity index (χ1v) is 4.05. The van der Waals surface area contributed by atoms with Crippen LogP contribution in [0.15, 0.2) is 18.2 Å². The van der Waals surface area contributed by atoms with Crippen molar-refractivity contribution in [3.63, 3.8) is 0 Å². The van der Waals surface area contributed by atoms with Crippen LogP contribution >= 0.6 is 11.6 Å². The van der Waals surface area contributed by atoms with E-state index in [4.69, 9.17) is 11.6 Å². The molecule has 0 radical (unpaired) electrons. The second-order valence-corrected chi connectivity index (χ2v) is 2.65. The number of allylic oxidation sites excluding steroid dienone is 1. The van der Waals surface area contributed by atoms with E-state index in [1.54, 1.807) is 0 Å². The molecule has 1 aromatic carbocycles. The molecule has 0 nitrogen and oxygen atoms in total. The van der Waals surface area contributed by atoms with Gasteiger partial charge in [0.2, 0.25) is 0 Å². The van der Waals surface area contributed by atoms with Gasteiger partial charge in [-0.25, -0.2) is 13.2 Å². The van der Waals surface area contributed by atoms with Gasteiger partial charge in [0.1, 0.15) is 5.82 Å². The van der Waals surface area contributed by atoms with Crippen molar-refractivity contribution in [1.29, 1.82) is 0 Å². The van der Waals surface area contributed by atoms with E-state index in [2.05, 4.69) is 0 Å². The maximum absolute atomic E-state index is 12.9. The summed E-state index contributed by atoms with van der Waals surface area (Å²) in [4.78, 5) is 0. The molecule has 0 atom stereocenters. The third-order valence-electron chi connectivity index (χ3n) is 1.43. The van der Waals surface area contributed by atoms with Crippen LogP contribution in [0.1, 0.15) is 5.56 Å². The Bertz CT molecular complexity index is 334. The molecular weight excluding hydrogens is 201 g/mol. The molecule has 0 spiro atoms. The molecule has 0 aliphatic carbocycles. The molecule has 0 saturated heterocycles. The summed E-state index contributed by atoms with van der Waals surface area (Å²) in [5.41, 5.74) is -0.0143. The van der Waals surface area contributed by atoms with Crippen molar-refractivity contribution in [2.24, 2.45) is 0 Å². The second-order valence-electron chi connectivity index (χ2n) is 2.34. The highest BCUT2D eigenvalue weighted by Gasteiger charge is 2.06. The molecular formula is C9H6ClF3. The van der Waals surface area contributed by atoms with Crippen LogP contribution in [0.4, 0.5) is 13.2 Å². The average Bonchev–Trinajstić information content (AvgIpc) is 2.09. The van der Waals surface area contributed by atoms with Crippen LogP contribution in [-0.4, -0.2) is 5.88 Å². The lowest BCUT2D eigenvalue weighted by Gasteiger charge is -1.97. The molecule has 0 N–H and O–H groups in total. The summed E-state index contributed by atoms with van der Waals surface area (Å²) in [6, 6.07) is 1.29. The van der Waals surface area contributed by atoms with Gasteiger partial charge in [0.15, 0.2) is 11.6 Å². The molecule has 0 aliphatic rings. The van der Waals surface area contributed by atoms with Crippen LogP contribution in [0, 0.1) is 17.5 Å². The van der Waals surface area contributed by atoms with Crippen molar-refractivity contribution in [2.75, 3.05) is 5.88 Å². The van der Waals surface area contributed by atoms with E-state index in [-0.39, 0.29) is 11.4 Å². The lowest BCUT2D eigenvalue weighted by Crippen LogP contribution is -1.90. The van der Waals surface area contributed by atoms with Gasteiger partial charge in [0.25, 0.3) is 0 Å². The smallest absolute Gasteiger partial charge is 0.161 e. The molecule has 4 heteroatoms. The second kappa shape index (κ2) is 4.33. The number of hydrogen-bond acceptors (Lipinski definition) is 0. The van der Waals surface area contributed by atoms with E-state index in [1.807, 2.05) is 0 Å². The van der Waals surface area contributed by atoms with Crippen molar-refractivity contribution in [2.45, 2.75) is 0 Å². The number of benzene rings is 1. The van der Waals surface area contributed by atoms with Gasteiger partial charge >= 0.3 is 0 Å². The summed E-state index contributed by atoms with van der Waals surface area (Å²) in [7, 11) is 0. The molecule has 0 saturated carbocycles. The highest BCUT2D eigenvalue weighted by atomic mass is 35.5. The van der Waals surface area contributed by atoms with Crippen molar-refractivity contribution in [1.82, 2.24) is 0 Å². The van der Waals surface area contributed by atoms with Crippen LogP contribution < -0.4 is 0 Å². The van der Waals surface area contributed by atoms with Crippen molar-refractivity contribution in [3.05, 3.63) is 41.2 Å². The Balaban J connectivity index is 3.08. The molecule has 0 fully saturated rings. The Morgan fingerprint density at radius 3 is 2.31 bits per heavy atom. The molecule has 1 aromatic rings. The molecule has 0 amide bonds. The van der Waals surface area contributed by atoms with Gasteiger partial charge < -0.3 is 0 Å². The monoisotopic (exact) mass is 206 g/mol. The Morgan fingerprint density at radius 1 is 1.08 bits per heavy atom. The normalized spacial score (nSPS) is 11.1. The van der Waals surface area contributed by atoms with Crippen LogP contribution in [0.5, 0.6) is 0 Å². The minimum absolute atomic E-state index is 0.0143. The number of rotatable bonds is 2. The van der Waals surface area contributed by atoms with E-state index in [1.165, 1.54) is 12.2 Å². The van der Waals surface area contributed by atoms with Crippen molar-refractivity contribution >= 4 is 17.7 Å². The number of hydrogen-bond donors (Lipinski definition) is 0. The van der Waals surface area contributed by atoms with Crippen LogP contribution in [0.3, 0.4) is 0 Å². The Labute approximate surface area is 78.6 Å². The first-order chi connectivity index (χ1) is 6.15. The van der Waals surface area contributed by atoms with E-state index in [0.717, 1.165) is 6.07 Å². The third-order valence-corrected chi connectivity index (χ3v) is 1.60. The minimum atomic E-state index is -1.19. The van der Waals surface area contributed by atoms with E-state index in [9.17, 15) is 13.2 Å². The zero-order chi connectivity index (χ0) is 9.84. The van der Waals surface area contributed by atoms with Crippen LogP contribution in [0.25, 0.3) is 6.08 Å². The summed E-state index contributed by atoms with van der Waals surface area (Å²) < 4.78 is 37.8. The van der Waals surface area contributed by atoms with Crippen molar-refractivity contribution in [3.8, 4) is 0 Å². The van der Waals surface area contributed by atoms with Gasteiger partial charge in [0, 0.05) is 17.5 Å². The maximum Gasteiger partial charge on any atom is 0.161 e. The highest BCUT2D eigenvalue weighted by molar-refractivity contribution is 6.19. The largest absolute Gasteiger partial charge is 0.206 e. The summed E-state index contributed by atoms with van der Waals surface area (Å²) >= 11 is 5.30. The zero-order valence-corrected chi connectivity index (χ0v) is 7.28. The molecule has 0 bridgehead atoms. The Hall–Kier alpha value is -0.960. The lowest BCUT2D eigenvalue weighted by atomic mass is 10.2. The van der Waals surface area contributed by atoms with Gasteiger partial charge in [-0.3, -0.25) is 0 Å². The average molecular weight is 207 g/mol. The molecule has 70 valence electrons. The molecule has 0 unspecified atom stereocenters. The fourth-order valence-electron chi connectivity index (χ4n) is 0.837.